The molecule has 5 atom stereocenters. The van der Waals surface area contributed by atoms with Gasteiger partial charge in [0.15, 0.2) is 18.3 Å². The van der Waals surface area contributed by atoms with Gasteiger partial charge in [-0.2, -0.15) is 0 Å². The molecule has 0 aromatic rings. The molecular formula is C27H46N2O10S. The first-order valence-electron chi connectivity index (χ1n) is 14.2. The fourth-order valence-corrected chi connectivity index (χ4v) is 6.23. The van der Waals surface area contributed by atoms with Crippen LogP contribution < -0.4 is 0 Å². The van der Waals surface area contributed by atoms with Gasteiger partial charge in [0, 0.05) is 47.3 Å². The molecule has 0 amide bonds. The Labute approximate surface area is 239 Å². The number of carbonyl (C=O) groups is 4. The van der Waals surface area contributed by atoms with Crippen LogP contribution in [0.5, 0.6) is 0 Å². The fraction of sp³-hybridized carbons (Fsp3) is 0.852. The quantitative estimate of drug-likeness (QED) is 0.130. The summed E-state index contributed by atoms with van der Waals surface area (Å²) in [5.74, 6) is -1.84. The van der Waals surface area contributed by atoms with E-state index in [-0.39, 0.29) is 13.2 Å². The van der Waals surface area contributed by atoms with Crippen LogP contribution in [0.2, 0.25) is 0 Å². The second-order valence-corrected chi connectivity index (χ2v) is 11.7. The average molecular weight is 591 g/mol. The van der Waals surface area contributed by atoms with Gasteiger partial charge in [-0.25, -0.2) is 8.51 Å². The van der Waals surface area contributed by atoms with Crippen LogP contribution in [-0.4, -0.2) is 99.0 Å². The van der Waals surface area contributed by atoms with Gasteiger partial charge in [0.05, 0.1) is 6.04 Å². The van der Waals surface area contributed by atoms with Crippen molar-refractivity contribution in [2.75, 3.05) is 32.8 Å². The Hall–Kier alpha value is -2.09. The van der Waals surface area contributed by atoms with Gasteiger partial charge in [0.25, 0.3) is 0 Å². The van der Waals surface area contributed by atoms with E-state index in [4.69, 9.17) is 18.9 Å². The van der Waals surface area contributed by atoms with Crippen molar-refractivity contribution in [1.29, 1.82) is 0 Å². The van der Waals surface area contributed by atoms with Gasteiger partial charge in [0.2, 0.25) is 11.3 Å². The molecular weight excluding hydrogens is 544 g/mol. The SMILES string of the molecule is CC(=O)OC[C@@H]1[C@@H](OC(C)=O)[C@H](OC(C)=O)[C@@H](OC(C)=O)CN1CCCCCCN(CC1CCCCC1)S(=O)O. The number of unbranched alkanes of at least 4 members (excludes halogenated alkanes) is 3. The third kappa shape index (κ3) is 12.2. The van der Waals surface area contributed by atoms with Crippen molar-refractivity contribution in [2.45, 2.75) is 110 Å². The highest BCUT2D eigenvalue weighted by Crippen LogP contribution is 2.28. The van der Waals surface area contributed by atoms with E-state index >= 15 is 0 Å². The number of nitrogens with zero attached hydrogens (tertiary/aromatic N) is 2. The highest BCUT2D eigenvalue weighted by atomic mass is 32.2. The summed E-state index contributed by atoms with van der Waals surface area (Å²) < 4.78 is 45.0. The number of carbonyl (C=O) groups excluding carboxylic acids is 4. The molecule has 2 aliphatic rings. The zero-order valence-corrected chi connectivity index (χ0v) is 25.0. The van der Waals surface area contributed by atoms with E-state index in [9.17, 15) is 27.9 Å². The lowest BCUT2D eigenvalue weighted by Gasteiger charge is -2.46. The number of ether oxygens (including phenoxy) is 4. The normalized spacial score (nSPS) is 24.8. The maximum absolute atomic E-state index is 12.0. The number of hydrogen-bond donors (Lipinski definition) is 1. The van der Waals surface area contributed by atoms with Crippen LogP contribution in [0.4, 0.5) is 0 Å². The molecule has 2 fully saturated rings. The Bertz CT molecular complexity index is 866. The summed E-state index contributed by atoms with van der Waals surface area (Å²) in [4.78, 5) is 49.2. The van der Waals surface area contributed by atoms with E-state index in [2.05, 4.69) is 0 Å². The maximum atomic E-state index is 12.0. The van der Waals surface area contributed by atoms with Crippen LogP contribution >= 0.6 is 0 Å². The average Bonchev–Trinajstić information content (AvgIpc) is 2.86. The van der Waals surface area contributed by atoms with Crippen molar-refractivity contribution >= 4 is 35.1 Å². The molecule has 1 aliphatic heterocycles. The van der Waals surface area contributed by atoms with Gasteiger partial charge >= 0.3 is 23.9 Å². The monoisotopic (exact) mass is 590 g/mol. The molecule has 1 saturated heterocycles. The maximum Gasteiger partial charge on any atom is 0.303 e. The Morgan fingerprint density at radius 1 is 0.825 bits per heavy atom. The fourth-order valence-electron chi connectivity index (χ4n) is 5.61. The van der Waals surface area contributed by atoms with Crippen molar-refractivity contribution in [2.24, 2.45) is 5.92 Å². The highest BCUT2D eigenvalue weighted by molar-refractivity contribution is 7.76. The Morgan fingerprint density at radius 2 is 1.43 bits per heavy atom. The summed E-state index contributed by atoms with van der Waals surface area (Å²) in [5, 5.41) is 0. The van der Waals surface area contributed by atoms with Crippen molar-refractivity contribution in [3.63, 3.8) is 0 Å². The molecule has 1 unspecified atom stereocenters. The van der Waals surface area contributed by atoms with Crippen LogP contribution in [0.3, 0.4) is 0 Å². The molecule has 0 aromatic heterocycles. The Morgan fingerprint density at radius 3 is 2.00 bits per heavy atom. The van der Waals surface area contributed by atoms with Gasteiger partial charge in [-0.05, 0) is 38.1 Å². The number of piperidine rings is 1. The number of rotatable bonds is 15. The molecule has 0 bridgehead atoms. The van der Waals surface area contributed by atoms with Crippen LogP contribution in [0, 0.1) is 5.92 Å². The predicted molar refractivity (Wildman–Crippen MR) is 146 cm³/mol. The molecule has 40 heavy (non-hydrogen) atoms. The molecule has 0 aromatic carbocycles. The standard InChI is InChI=1S/C27H46N2O10S/c1-19(30)36-18-24-26(38-21(3)32)27(39-22(4)33)25(37-20(2)31)17-28(24)14-10-5-6-11-15-29(40(34)35)16-23-12-8-7-9-13-23/h23-27H,5-18H2,1-4H3,(H,34,35)/t24-,25+,26-,27-/m1/s1. The first-order valence-corrected chi connectivity index (χ1v) is 15.3. The molecule has 1 aliphatic carbocycles. The van der Waals surface area contributed by atoms with E-state index in [0.717, 1.165) is 38.5 Å². The van der Waals surface area contributed by atoms with Crippen LogP contribution in [0.25, 0.3) is 0 Å². The molecule has 13 heteroatoms. The molecule has 12 nitrogen and oxygen atoms in total. The summed E-state index contributed by atoms with van der Waals surface area (Å²) in [6.45, 7) is 6.77. The first kappa shape index (κ1) is 34.1. The molecule has 1 N–H and O–H groups in total. The Balaban J connectivity index is 2.01. The van der Waals surface area contributed by atoms with Gasteiger partial charge in [0.1, 0.15) is 6.61 Å². The summed E-state index contributed by atoms with van der Waals surface area (Å²) in [7, 11) is 0. The third-order valence-corrected chi connectivity index (χ3v) is 8.12. The van der Waals surface area contributed by atoms with Crippen molar-refractivity contribution < 1.29 is 46.9 Å². The van der Waals surface area contributed by atoms with Gasteiger partial charge in [-0.1, -0.05) is 32.1 Å². The summed E-state index contributed by atoms with van der Waals surface area (Å²) in [6.07, 6.45) is 6.05. The van der Waals surface area contributed by atoms with Gasteiger partial charge in [-0.3, -0.25) is 28.6 Å². The lowest BCUT2D eigenvalue weighted by molar-refractivity contribution is -0.207. The molecule has 2 rings (SSSR count). The molecule has 230 valence electrons. The van der Waals surface area contributed by atoms with Gasteiger partial charge in [-0.15, -0.1) is 0 Å². The minimum Gasteiger partial charge on any atom is -0.464 e. The zero-order chi connectivity index (χ0) is 29.7. The molecule has 1 heterocycles. The van der Waals surface area contributed by atoms with E-state index in [1.807, 2.05) is 4.90 Å². The van der Waals surface area contributed by atoms with Gasteiger partial charge < -0.3 is 18.9 Å². The van der Waals surface area contributed by atoms with E-state index in [1.54, 1.807) is 4.31 Å². The summed E-state index contributed by atoms with van der Waals surface area (Å²) in [5.41, 5.74) is 0. The van der Waals surface area contributed by atoms with Crippen molar-refractivity contribution in [3.8, 4) is 0 Å². The summed E-state index contributed by atoms with van der Waals surface area (Å²) in [6, 6.07) is -0.619. The second kappa shape index (κ2) is 17.7. The second-order valence-electron chi connectivity index (χ2n) is 10.7. The Kier molecular flexibility index (Phi) is 15.1. The minimum absolute atomic E-state index is 0.101. The minimum atomic E-state index is -1.99. The summed E-state index contributed by atoms with van der Waals surface area (Å²) >= 11 is -1.99. The van der Waals surface area contributed by atoms with Crippen LogP contribution in [0.15, 0.2) is 0 Å². The molecule has 0 spiro atoms. The predicted octanol–water partition coefficient (Wildman–Crippen LogP) is 2.61. The number of esters is 4. The first-order chi connectivity index (χ1) is 19.0. The third-order valence-electron chi connectivity index (χ3n) is 7.34. The number of hydrogen-bond acceptors (Lipinski definition) is 10. The topological polar surface area (TPSA) is 149 Å². The smallest absolute Gasteiger partial charge is 0.303 e. The van der Waals surface area contributed by atoms with E-state index < -0.39 is 59.5 Å². The lowest BCUT2D eigenvalue weighted by Crippen LogP contribution is -2.65. The lowest BCUT2D eigenvalue weighted by atomic mass is 9.89. The zero-order valence-electron chi connectivity index (χ0n) is 24.2. The molecule has 1 saturated carbocycles. The van der Waals surface area contributed by atoms with Crippen molar-refractivity contribution in [1.82, 2.24) is 9.21 Å². The number of likely N-dealkylation sites (tertiary alicyclic amines) is 1. The highest BCUT2D eigenvalue weighted by Gasteiger charge is 2.49. The van der Waals surface area contributed by atoms with E-state index in [0.29, 0.717) is 25.6 Å². The van der Waals surface area contributed by atoms with Crippen molar-refractivity contribution in [3.05, 3.63) is 0 Å². The molecule has 0 radical (unpaired) electrons. The van der Waals surface area contributed by atoms with Crippen LogP contribution in [-0.2, 0) is 49.4 Å². The largest absolute Gasteiger partial charge is 0.464 e. The van der Waals surface area contributed by atoms with E-state index in [1.165, 1.54) is 47.0 Å². The van der Waals surface area contributed by atoms with Crippen LogP contribution in [0.1, 0.15) is 85.5 Å².